The lowest BCUT2D eigenvalue weighted by Crippen LogP contribution is -2.34. The van der Waals surface area contributed by atoms with Gasteiger partial charge in [0.1, 0.15) is 0 Å². The van der Waals surface area contributed by atoms with Gasteiger partial charge in [-0.2, -0.15) is 5.48 Å². The van der Waals surface area contributed by atoms with Gasteiger partial charge >= 0.3 is 12.0 Å². The molecule has 7 nitrogen and oxygen atoms in total. The summed E-state index contributed by atoms with van der Waals surface area (Å²) in [6.45, 7) is 4.67. The quantitative estimate of drug-likeness (QED) is 0.264. The molecule has 70 valence electrons. The highest BCUT2D eigenvalue weighted by Crippen LogP contribution is 1.88. The predicted molar refractivity (Wildman–Crippen MR) is 40.7 cm³/mol. The molecule has 0 fully saturated rings. The van der Waals surface area contributed by atoms with Crippen molar-refractivity contribution >= 4 is 18.1 Å². The maximum Gasteiger partial charge on any atom is 0.369 e. The molecule has 0 aromatic carbocycles. The summed E-state index contributed by atoms with van der Waals surface area (Å²) in [7, 11) is 0. The molecule has 0 aliphatic carbocycles. The highest BCUT2D eigenvalue weighted by Gasteiger charge is 2.05. The van der Waals surface area contributed by atoms with E-state index in [-0.39, 0.29) is 5.57 Å². The molecule has 2 amide bonds. The zero-order chi connectivity index (χ0) is 10.3. The first-order valence-electron chi connectivity index (χ1n) is 3.07. The van der Waals surface area contributed by atoms with Crippen molar-refractivity contribution in [1.82, 2.24) is 10.9 Å². The third-order valence-electron chi connectivity index (χ3n) is 0.788. The van der Waals surface area contributed by atoms with E-state index in [1.54, 1.807) is 10.9 Å². The Morgan fingerprint density at radius 1 is 1.54 bits per heavy atom. The standard InChI is InChI=1S/C6H7N3O4/c1-4(2)5(11)13-9-6(12)8-7-3-10/h1H2,2H3,(H2,8,9,12). The second-order valence-corrected chi connectivity index (χ2v) is 1.92. The molecule has 0 radical (unpaired) electrons. The predicted octanol–water partition coefficient (Wildman–Crippen LogP) is -0.429. The lowest BCUT2D eigenvalue weighted by molar-refractivity contribution is -0.143. The summed E-state index contributed by atoms with van der Waals surface area (Å²) in [4.78, 5) is 34.8. The third kappa shape index (κ3) is 5.16. The number of carbonyl (C=O) groups excluding carboxylic acids is 3. The van der Waals surface area contributed by atoms with Crippen LogP contribution in [0.1, 0.15) is 6.92 Å². The average Bonchev–Trinajstić information content (AvgIpc) is 2.10. The van der Waals surface area contributed by atoms with Crippen LogP contribution in [-0.4, -0.2) is 18.1 Å². The Balaban J connectivity index is 3.76. The molecule has 0 saturated carbocycles. The van der Waals surface area contributed by atoms with Crippen molar-refractivity contribution in [1.29, 1.82) is 0 Å². The minimum Gasteiger partial charge on any atom is -0.334 e. The Labute approximate surface area is 73.4 Å². The van der Waals surface area contributed by atoms with E-state index in [0.717, 1.165) is 6.08 Å². The Morgan fingerprint density at radius 2 is 2.15 bits per heavy atom. The fraction of sp³-hybridized carbons (Fsp3) is 0.167. The summed E-state index contributed by atoms with van der Waals surface area (Å²) in [5.41, 5.74) is 3.46. The van der Waals surface area contributed by atoms with Gasteiger partial charge in [-0.3, -0.25) is 0 Å². The number of hydroxylamine groups is 1. The van der Waals surface area contributed by atoms with Crippen LogP contribution in [0, 0.1) is 0 Å². The van der Waals surface area contributed by atoms with Crippen LogP contribution in [0.25, 0.3) is 0 Å². The van der Waals surface area contributed by atoms with Crippen LogP contribution in [0.15, 0.2) is 17.3 Å². The smallest absolute Gasteiger partial charge is 0.334 e. The van der Waals surface area contributed by atoms with Gasteiger partial charge in [-0.15, -0.1) is 0 Å². The number of hydrogen-bond acceptors (Lipinski definition) is 5. The van der Waals surface area contributed by atoms with Gasteiger partial charge in [-0.25, -0.2) is 19.8 Å². The largest absolute Gasteiger partial charge is 0.369 e. The number of urea groups is 1. The Morgan fingerprint density at radius 3 is 2.62 bits per heavy atom. The average molecular weight is 185 g/mol. The lowest BCUT2D eigenvalue weighted by atomic mass is 10.4. The highest BCUT2D eigenvalue weighted by atomic mass is 16.7. The van der Waals surface area contributed by atoms with Crippen LogP contribution in [0.2, 0.25) is 0 Å². The fourth-order valence-corrected chi connectivity index (χ4v) is 0.276. The second-order valence-electron chi connectivity index (χ2n) is 1.92. The van der Waals surface area contributed by atoms with Gasteiger partial charge in [0.25, 0.3) is 6.08 Å². The monoisotopic (exact) mass is 185 g/mol. The zero-order valence-electron chi connectivity index (χ0n) is 6.79. The molecule has 0 aromatic rings. The molecule has 0 aliphatic rings. The molecule has 0 atom stereocenters. The minimum absolute atomic E-state index is 0.124. The molecule has 0 unspecified atom stereocenters. The van der Waals surface area contributed by atoms with Crippen LogP contribution < -0.4 is 10.9 Å². The Hall–Kier alpha value is -2.14. The van der Waals surface area contributed by atoms with Crippen LogP contribution in [0.3, 0.4) is 0 Å². The van der Waals surface area contributed by atoms with E-state index >= 15 is 0 Å². The van der Waals surface area contributed by atoms with Crippen LogP contribution in [-0.2, 0) is 14.4 Å². The molecule has 0 rings (SSSR count). The first kappa shape index (κ1) is 10.9. The summed E-state index contributed by atoms with van der Waals surface area (Å²) in [5.74, 6) is -0.787. The van der Waals surface area contributed by atoms with Gasteiger partial charge < -0.3 is 4.84 Å². The van der Waals surface area contributed by atoms with E-state index in [1.807, 2.05) is 0 Å². The van der Waals surface area contributed by atoms with E-state index in [2.05, 4.69) is 16.5 Å². The summed E-state index contributed by atoms with van der Waals surface area (Å²) in [6.07, 6.45) is 1.05. The van der Waals surface area contributed by atoms with E-state index in [1.165, 1.54) is 6.92 Å². The summed E-state index contributed by atoms with van der Waals surface area (Å²) < 4.78 is 0. The Kier molecular flexibility index (Phi) is 4.60. The maximum absolute atomic E-state index is 10.6. The van der Waals surface area contributed by atoms with E-state index in [0.29, 0.717) is 0 Å². The van der Waals surface area contributed by atoms with Crippen LogP contribution in [0.4, 0.5) is 4.79 Å². The number of carbonyl (C=O) groups is 2. The Bertz CT molecular complexity index is 280. The number of nitrogens with zero attached hydrogens (tertiary/aromatic N) is 1. The van der Waals surface area contributed by atoms with Crippen molar-refractivity contribution in [3.05, 3.63) is 12.2 Å². The summed E-state index contributed by atoms with van der Waals surface area (Å²) >= 11 is 0. The molecule has 13 heavy (non-hydrogen) atoms. The third-order valence-corrected chi connectivity index (χ3v) is 0.788. The molecule has 0 heterocycles. The van der Waals surface area contributed by atoms with Crippen molar-refractivity contribution in [2.24, 2.45) is 5.10 Å². The number of rotatable bonds is 2. The number of isocyanates is 1. The molecule has 0 spiro atoms. The number of amides is 2. The van der Waals surface area contributed by atoms with Crippen LogP contribution >= 0.6 is 0 Å². The van der Waals surface area contributed by atoms with Crippen molar-refractivity contribution in [2.75, 3.05) is 0 Å². The van der Waals surface area contributed by atoms with E-state index in [9.17, 15) is 14.4 Å². The van der Waals surface area contributed by atoms with Gasteiger partial charge in [0, 0.05) is 5.57 Å². The molecular formula is C6H7N3O4. The van der Waals surface area contributed by atoms with Crippen molar-refractivity contribution < 1.29 is 19.2 Å². The van der Waals surface area contributed by atoms with Crippen LogP contribution in [0.5, 0.6) is 0 Å². The summed E-state index contributed by atoms with van der Waals surface area (Å²) in [6, 6.07) is -0.960. The molecule has 7 heteroatoms. The van der Waals surface area contributed by atoms with Crippen molar-refractivity contribution in [3.8, 4) is 0 Å². The van der Waals surface area contributed by atoms with E-state index in [4.69, 9.17) is 0 Å². The molecule has 0 aliphatic heterocycles. The van der Waals surface area contributed by atoms with Crippen molar-refractivity contribution in [3.63, 3.8) is 0 Å². The number of hydrazone groups is 1. The first-order chi connectivity index (χ1) is 6.07. The van der Waals surface area contributed by atoms with Gasteiger partial charge in [-0.1, -0.05) is 11.7 Å². The maximum atomic E-state index is 10.6. The normalized spacial score (nSPS) is 7.77. The number of hydrogen-bond donors (Lipinski definition) is 2. The van der Waals surface area contributed by atoms with Gasteiger partial charge in [0.2, 0.25) is 0 Å². The van der Waals surface area contributed by atoms with Gasteiger partial charge in [0.05, 0.1) is 0 Å². The molecule has 0 bridgehead atoms. The molecule has 0 saturated heterocycles. The minimum atomic E-state index is -0.960. The topological polar surface area (TPSA) is 96.9 Å². The lowest BCUT2D eigenvalue weighted by Gasteiger charge is -2.02. The zero-order valence-corrected chi connectivity index (χ0v) is 6.79. The highest BCUT2D eigenvalue weighted by molar-refractivity contribution is 5.88. The van der Waals surface area contributed by atoms with E-state index < -0.39 is 12.0 Å². The molecule has 0 aromatic heterocycles. The van der Waals surface area contributed by atoms with Crippen molar-refractivity contribution in [2.45, 2.75) is 6.92 Å². The second kappa shape index (κ2) is 5.50. The van der Waals surface area contributed by atoms with Gasteiger partial charge in [-0.05, 0) is 6.92 Å². The molecule has 2 N–H and O–H groups in total. The first-order valence-corrected chi connectivity index (χ1v) is 3.07. The number of nitrogens with one attached hydrogen (secondary N) is 2. The van der Waals surface area contributed by atoms with Gasteiger partial charge in [0.15, 0.2) is 0 Å². The molecular weight excluding hydrogens is 178 g/mol. The SMILES string of the molecule is C=C(C)C(=O)ONC(=O)NN=C=O. The summed E-state index contributed by atoms with van der Waals surface area (Å²) in [5, 5.41) is 2.71. The fourth-order valence-electron chi connectivity index (χ4n) is 0.276.